The molecule has 0 aromatic heterocycles. The third-order valence-corrected chi connectivity index (χ3v) is 7.79. The molecule has 0 spiro atoms. The molecule has 4 aromatic carbocycles. The lowest BCUT2D eigenvalue weighted by Gasteiger charge is -2.23. The molecular formula is C28H23ClN4O6S. The van der Waals surface area contributed by atoms with Crippen LogP contribution in [-0.2, 0) is 21.4 Å². The van der Waals surface area contributed by atoms with E-state index in [1.807, 2.05) is 18.2 Å². The number of carbonyl (C=O) groups excluding carboxylic acids is 1. The Hall–Kier alpha value is -4.74. The second-order valence-corrected chi connectivity index (χ2v) is 10.6. The number of para-hydroxylation sites is 2. The molecule has 4 aromatic rings. The Balaban J connectivity index is 1.43. The normalized spacial score (nSPS) is 11.2. The van der Waals surface area contributed by atoms with Crippen LogP contribution in [0.1, 0.15) is 11.1 Å². The number of halogens is 1. The Labute approximate surface area is 235 Å². The van der Waals surface area contributed by atoms with E-state index < -0.39 is 38.0 Å². The number of nitrogens with one attached hydrogen (secondary N) is 1. The van der Waals surface area contributed by atoms with E-state index in [0.717, 1.165) is 22.0 Å². The summed E-state index contributed by atoms with van der Waals surface area (Å²) in [6.45, 7) is -0.360. The molecule has 0 heterocycles. The number of nitro benzene ring substituents is 1. The van der Waals surface area contributed by atoms with Crippen LogP contribution in [0.5, 0.6) is 5.75 Å². The maximum Gasteiger partial charge on any atom is 0.289 e. The van der Waals surface area contributed by atoms with E-state index in [4.69, 9.17) is 16.3 Å². The first-order chi connectivity index (χ1) is 19.3. The maximum absolute atomic E-state index is 13.5. The largest absolute Gasteiger partial charge is 0.489 e. The third kappa shape index (κ3) is 7.01. The molecular weight excluding hydrogens is 556 g/mol. The number of anilines is 1. The number of hydrazone groups is 1. The van der Waals surface area contributed by atoms with Gasteiger partial charge < -0.3 is 4.74 Å². The number of hydrogen-bond donors (Lipinski definition) is 1. The van der Waals surface area contributed by atoms with Crippen LogP contribution in [0.15, 0.2) is 113 Å². The van der Waals surface area contributed by atoms with Gasteiger partial charge in [-0.2, -0.15) is 5.10 Å². The number of carbonyl (C=O) groups is 1. The van der Waals surface area contributed by atoms with Crippen molar-refractivity contribution in [3.63, 3.8) is 0 Å². The molecule has 0 aliphatic rings. The third-order valence-electron chi connectivity index (χ3n) is 5.60. The Morgan fingerprint density at radius 3 is 2.30 bits per heavy atom. The van der Waals surface area contributed by atoms with Crippen molar-refractivity contribution in [1.29, 1.82) is 0 Å². The van der Waals surface area contributed by atoms with Crippen LogP contribution >= 0.6 is 11.6 Å². The van der Waals surface area contributed by atoms with Crippen molar-refractivity contribution >= 4 is 45.1 Å². The van der Waals surface area contributed by atoms with E-state index in [1.165, 1.54) is 30.5 Å². The molecule has 4 rings (SSSR count). The first kappa shape index (κ1) is 28.3. The van der Waals surface area contributed by atoms with Crippen molar-refractivity contribution in [1.82, 2.24) is 5.43 Å². The van der Waals surface area contributed by atoms with Gasteiger partial charge in [0.1, 0.15) is 18.9 Å². The minimum Gasteiger partial charge on any atom is -0.489 e. The Kier molecular flexibility index (Phi) is 9.10. The van der Waals surface area contributed by atoms with E-state index in [0.29, 0.717) is 22.9 Å². The lowest BCUT2D eigenvalue weighted by atomic mass is 10.2. The number of nitrogens with zero attached hydrogens (tertiary/aromatic N) is 3. The molecule has 0 fully saturated rings. The predicted octanol–water partition coefficient (Wildman–Crippen LogP) is 5.17. The number of ether oxygens (including phenoxy) is 1. The van der Waals surface area contributed by atoms with Crippen molar-refractivity contribution in [2.75, 3.05) is 10.8 Å². The number of hydrogen-bond acceptors (Lipinski definition) is 7. The van der Waals surface area contributed by atoms with E-state index in [1.54, 1.807) is 48.5 Å². The summed E-state index contributed by atoms with van der Waals surface area (Å²) in [6, 6.07) is 27.1. The van der Waals surface area contributed by atoms with Gasteiger partial charge in [0.15, 0.2) is 4.90 Å². The zero-order valence-electron chi connectivity index (χ0n) is 20.9. The van der Waals surface area contributed by atoms with Gasteiger partial charge in [0.05, 0.1) is 16.8 Å². The molecule has 0 radical (unpaired) electrons. The highest BCUT2D eigenvalue weighted by Crippen LogP contribution is 2.29. The zero-order chi connectivity index (χ0) is 28.5. The summed E-state index contributed by atoms with van der Waals surface area (Å²) < 4.78 is 33.5. The first-order valence-electron chi connectivity index (χ1n) is 11.8. The summed E-state index contributed by atoms with van der Waals surface area (Å²) in [5.41, 5.74) is 3.37. The van der Waals surface area contributed by atoms with Crippen molar-refractivity contribution in [2.24, 2.45) is 5.10 Å². The summed E-state index contributed by atoms with van der Waals surface area (Å²) in [5, 5.41) is 16.0. The molecule has 1 N–H and O–H groups in total. The number of benzene rings is 4. The summed E-state index contributed by atoms with van der Waals surface area (Å²) in [5.74, 6) is -0.137. The van der Waals surface area contributed by atoms with Crippen LogP contribution in [0.2, 0.25) is 5.02 Å². The van der Waals surface area contributed by atoms with E-state index in [2.05, 4.69) is 10.5 Å². The number of sulfonamides is 1. The fraction of sp³-hybridized carbons (Fsp3) is 0.0714. The average Bonchev–Trinajstić information content (AvgIpc) is 2.96. The van der Waals surface area contributed by atoms with E-state index in [-0.39, 0.29) is 5.69 Å². The van der Waals surface area contributed by atoms with Gasteiger partial charge in [-0.3, -0.25) is 19.2 Å². The number of nitro groups is 1. The quantitative estimate of drug-likeness (QED) is 0.148. The summed E-state index contributed by atoms with van der Waals surface area (Å²) >= 11 is 6.14. The molecule has 0 unspecified atom stereocenters. The van der Waals surface area contributed by atoms with Gasteiger partial charge in [-0.25, -0.2) is 13.8 Å². The molecule has 10 nitrogen and oxygen atoms in total. The second-order valence-electron chi connectivity index (χ2n) is 8.31. The van der Waals surface area contributed by atoms with Crippen LogP contribution in [-0.4, -0.2) is 32.0 Å². The average molecular weight is 579 g/mol. The lowest BCUT2D eigenvalue weighted by Crippen LogP contribution is -2.39. The highest BCUT2D eigenvalue weighted by molar-refractivity contribution is 7.93. The van der Waals surface area contributed by atoms with Crippen molar-refractivity contribution in [2.45, 2.75) is 11.5 Å². The minimum atomic E-state index is -4.48. The van der Waals surface area contributed by atoms with Gasteiger partial charge >= 0.3 is 0 Å². The monoisotopic (exact) mass is 578 g/mol. The minimum absolute atomic E-state index is 0.159. The molecule has 12 heteroatoms. The van der Waals surface area contributed by atoms with Gasteiger partial charge in [-0.15, -0.1) is 0 Å². The summed E-state index contributed by atoms with van der Waals surface area (Å²) in [7, 11) is -4.48. The molecule has 1 amide bonds. The standard InChI is InChI=1S/C28H23ClN4O6S/c29-25-11-5-4-8-22(25)20-39-24-16-14-21(15-17-24)18-30-31-28(34)19-32(23-9-2-1-3-10-23)40(37,38)27-13-7-6-12-26(27)33(35)36/h1-18H,19-20H2,(H,31,34). The van der Waals surface area contributed by atoms with Gasteiger partial charge in [-0.1, -0.05) is 60.1 Å². The van der Waals surface area contributed by atoms with Crippen LogP contribution < -0.4 is 14.5 Å². The Morgan fingerprint density at radius 2 is 1.60 bits per heavy atom. The molecule has 0 saturated heterocycles. The molecule has 0 bridgehead atoms. The molecule has 0 saturated carbocycles. The molecule has 40 heavy (non-hydrogen) atoms. The predicted molar refractivity (Wildman–Crippen MR) is 152 cm³/mol. The molecule has 0 aliphatic carbocycles. The van der Waals surface area contributed by atoms with Crippen LogP contribution in [0.3, 0.4) is 0 Å². The fourth-order valence-corrected chi connectivity index (χ4v) is 5.40. The highest BCUT2D eigenvalue weighted by Gasteiger charge is 2.33. The van der Waals surface area contributed by atoms with Crippen LogP contribution in [0.4, 0.5) is 11.4 Å². The Morgan fingerprint density at radius 1 is 0.950 bits per heavy atom. The van der Waals surface area contributed by atoms with Gasteiger partial charge in [0, 0.05) is 16.7 Å². The van der Waals surface area contributed by atoms with Crippen LogP contribution in [0.25, 0.3) is 0 Å². The smallest absolute Gasteiger partial charge is 0.289 e. The molecule has 204 valence electrons. The topological polar surface area (TPSA) is 131 Å². The zero-order valence-corrected chi connectivity index (χ0v) is 22.5. The van der Waals surface area contributed by atoms with Crippen LogP contribution in [0, 0.1) is 10.1 Å². The molecule has 0 atom stereocenters. The fourth-order valence-electron chi connectivity index (χ4n) is 3.63. The summed E-state index contributed by atoms with van der Waals surface area (Å²) in [6.07, 6.45) is 1.39. The van der Waals surface area contributed by atoms with Crippen molar-refractivity contribution in [3.8, 4) is 5.75 Å². The highest BCUT2D eigenvalue weighted by atomic mass is 35.5. The Bertz CT molecular complexity index is 1630. The lowest BCUT2D eigenvalue weighted by molar-refractivity contribution is -0.387. The van der Waals surface area contributed by atoms with E-state index in [9.17, 15) is 23.3 Å². The maximum atomic E-state index is 13.5. The number of rotatable bonds is 11. The van der Waals surface area contributed by atoms with E-state index >= 15 is 0 Å². The first-order valence-corrected chi connectivity index (χ1v) is 13.7. The van der Waals surface area contributed by atoms with Gasteiger partial charge in [-0.05, 0) is 54.1 Å². The van der Waals surface area contributed by atoms with Crippen molar-refractivity contribution < 1.29 is 22.9 Å². The SMILES string of the molecule is O=C(CN(c1ccccc1)S(=O)(=O)c1ccccc1[N+](=O)[O-])NN=Cc1ccc(OCc2ccccc2Cl)cc1. The summed E-state index contributed by atoms with van der Waals surface area (Å²) in [4.78, 5) is 22.9. The molecule has 0 aliphatic heterocycles. The number of amides is 1. The second kappa shape index (κ2) is 12.9. The van der Waals surface area contributed by atoms with Gasteiger partial charge in [0.2, 0.25) is 0 Å². The van der Waals surface area contributed by atoms with Crippen molar-refractivity contribution in [3.05, 3.63) is 129 Å². The van der Waals surface area contributed by atoms with Gasteiger partial charge in [0.25, 0.3) is 21.6 Å².